The molecule has 4 heteroatoms. The predicted molar refractivity (Wildman–Crippen MR) is 56.0 cm³/mol. The zero-order valence-corrected chi connectivity index (χ0v) is 9.25. The Kier molecular flexibility index (Phi) is 2.67. The van der Waals surface area contributed by atoms with Gasteiger partial charge in [-0.1, -0.05) is 20.3 Å². The van der Waals surface area contributed by atoms with E-state index in [-0.39, 0.29) is 35.7 Å². The van der Waals surface area contributed by atoms with Crippen molar-refractivity contribution in [3.63, 3.8) is 0 Å². The van der Waals surface area contributed by atoms with E-state index in [9.17, 15) is 9.59 Å². The van der Waals surface area contributed by atoms with E-state index in [0.29, 0.717) is 0 Å². The highest BCUT2D eigenvalue weighted by molar-refractivity contribution is 5.92. The van der Waals surface area contributed by atoms with Gasteiger partial charge in [-0.2, -0.15) is 0 Å². The minimum atomic E-state index is -0.358. The standard InChI is InChI=1S/C11H18N2O2/c1-6(2)9-11(15)12-8-5-3-4-7(8)10(14)13-9/h6-9H,3-5H2,1-2H3,(H,12,15)(H,13,14)/t7?,8?,9-/m0/s1. The third kappa shape index (κ3) is 1.85. The monoisotopic (exact) mass is 210 g/mol. The van der Waals surface area contributed by atoms with Crippen LogP contribution >= 0.6 is 0 Å². The second-order valence-electron chi connectivity index (χ2n) is 4.88. The first kappa shape index (κ1) is 10.5. The van der Waals surface area contributed by atoms with Crippen molar-refractivity contribution in [2.75, 3.05) is 0 Å². The van der Waals surface area contributed by atoms with E-state index in [0.717, 1.165) is 19.3 Å². The van der Waals surface area contributed by atoms with E-state index in [1.807, 2.05) is 13.8 Å². The second-order valence-corrected chi connectivity index (χ2v) is 4.88. The topological polar surface area (TPSA) is 58.2 Å². The lowest BCUT2D eigenvalue weighted by molar-refractivity contribution is -0.128. The fraction of sp³-hybridized carbons (Fsp3) is 0.818. The minimum absolute atomic E-state index is 0.00213. The fourth-order valence-corrected chi connectivity index (χ4v) is 2.51. The number of fused-ring (bicyclic) bond motifs is 1. The van der Waals surface area contributed by atoms with Gasteiger partial charge in [-0.05, 0) is 18.8 Å². The van der Waals surface area contributed by atoms with Crippen LogP contribution in [-0.4, -0.2) is 23.9 Å². The molecular weight excluding hydrogens is 192 g/mol. The Morgan fingerprint density at radius 3 is 2.53 bits per heavy atom. The first-order chi connectivity index (χ1) is 7.09. The molecule has 84 valence electrons. The maximum absolute atomic E-state index is 11.9. The maximum Gasteiger partial charge on any atom is 0.243 e. The minimum Gasteiger partial charge on any atom is -0.351 e. The molecule has 4 nitrogen and oxygen atoms in total. The third-order valence-electron chi connectivity index (χ3n) is 3.43. The summed E-state index contributed by atoms with van der Waals surface area (Å²) in [5.41, 5.74) is 0. The van der Waals surface area contributed by atoms with Gasteiger partial charge in [0.2, 0.25) is 11.8 Å². The Labute approximate surface area is 89.8 Å². The molecule has 1 aliphatic heterocycles. The molecule has 2 unspecified atom stereocenters. The van der Waals surface area contributed by atoms with Crippen molar-refractivity contribution < 1.29 is 9.59 Å². The number of nitrogens with one attached hydrogen (secondary N) is 2. The van der Waals surface area contributed by atoms with Gasteiger partial charge in [-0.15, -0.1) is 0 Å². The molecule has 1 heterocycles. The summed E-state index contributed by atoms with van der Waals surface area (Å²) >= 11 is 0. The summed E-state index contributed by atoms with van der Waals surface area (Å²) < 4.78 is 0. The molecule has 0 spiro atoms. The highest BCUT2D eigenvalue weighted by Crippen LogP contribution is 2.28. The molecule has 3 atom stereocenters. The SMILES string of the molecule is CC(C)[C@@H]1NC(=O)C2CCCC2NC1=O. The van der Waals surface area contributed by atoms with Crippen molar-refractivity contribution in [3.05, 3.63) is 0 Å². The molecule has 1 aliphatic carbocycles. The van der Waals surface area contributed by atoms with Crippen molar-refractivity contribution >= 4 is 11.8 Å². The van der Waals surface area contributed by atoms with E-state index in [1.54, 1.807) is 0 Å². The number of amides is 2. The third-order valence-corrected chi connectivity index (χ3v) is 3.43. The second kappa shape index (κ2) is 3.83. The summed E-state index contributed by atoms with van der Waals surface area (Å²) in [5.74, 6) is 0.174. The molecule has 0 aromatic heterocycles. The van der Waals surface area contributed by atoms with Crippen LogP contribution in [0.1, 0.15) is 33.1 Å². The van der Waals surface area contributed by atoms with Crippen LogP contribution in [0.3, 0.4) is 0 Å². The maximum atomic E-state index is 11.9. The molecule has 1 saturated heterocycles. The van der Waals surface area contributed by atoms with Gasteiger partial charge in [0.15, 0.2) is 0 Å². The van der Waals surface area contributed by atoms with E-state index >= 15 is 0 Å². The average molecular weight is 210 g/mol. The predicted octanol–water partition coefficient (Wildman–Crippen LogP) is 0.426. The smallest absolute Gasteiger partial charge is 0.243 e. The largest absolute Gasteiger partial charge is 0.351 e. The zero-order chi connectivity index (χ0) is 11.0. The fourth-order valence-electron chi connectivity index (χ4n) is 2.51. The number of hydrogen-bond donors (Lipinski definition) is 2. The molecule has 15 heavy (non-hydrogen) atoms. The lowest BCUT2D eigenvalue weighted by Gasteiger charge is -2.18. The van der Waals surface area contributed by atoms with Gasteiger partial charge in [-0.25, -0.2) is 0 Å². The van der Waals surface area contributed by atoms with E-state index in [2.05, 4.69) is 10.6 Å². The molecular formula is C11H18N2O2. The van der Waals surface area contributed by atoms with Crippen molar-refractivity contribution in [3.8, 4) is 0 Å². The number of carbonyl (C=O) groups is 2. The van der Waals surface area contributed by atoms with Crippen LogP contribution in [0.15, 0.2) is 0 Å². The van der Waals surface area contributed by atoms with Crippen LogP contribution in [0.25, 0.3) is 0 Å². The number of hydrogen-bond acceptors (Lipinski definition) is 2. The summed E-state index contributed by atoms with van der Waals surface area (Å²) in [4.78, 5) is 23.7. The van der Waals surface area contributed by atoms with Gasteiger partial charge in [0.25, 0.3) is 0 Å². The first-order valence-electron chi connectivity index (χ1n) is 5.70. The van der Waals surface area contributed by atoms with Crippen LogP contribution in [0, 0.1) is 11.8 Å². The van der Waals surface area contributed by atoms with E-state index in [4.69, 9.17) is 0 Å². The molecule has 2 fully saturated rings. The molecule has 1 saturated carbocycles. The Bertz CT molecular complexity index is 286. The van der Waals surface area contributed by atoms with Gasteiger partial charge in [-0.3, -0.25) is 9.59 Å². The van der Waals surface area contributed by atoms with Crippen molar-refractivity contribution in [1.82, 2.24) is 10.6 Å². The number of rotatable bonds is 1. The van der Waals surface area contributed by atoms with Gasteiger partial charge in [0, 0.05) is 6.04 Å². The highest BCUT2D eigenvalue weighted by atomic mass is 16.2. The lowest BCUT2D eigenvalue weighted by Crippen LogP contribution is -2.47. The molecule has 0 radical (unpaired) electrons. The molecule has 2 aliphatic rings. The summed E-state index contributed by atoms with van der Waals surface area (Å²) in [6, 6.07) is -0.288. The van der Waals surface area contributed by atoms with Crippen LogP contribution in [0.4, 0.5) is 0 Å². The Morgan fingerprint density at radius 2 is 1.87 bits per heavy atom. The summed E-state index contributed by atoms with van der Waals surface area (Å²) in [7, 11) is 0. The van der Waals surface area contributed by atoms with Crippen LogP contribution in [0.2, 0.25) is 0 Å². The van der Waals surface area contributed by atoms with Crippen molar-refractivity contribution in [1.29, 1.82) is 0 Å². The quantitative estimate of drug-likeness (QED) is 0.659. The molecule has 0 aromatic rings. The summed E-state index contributed by atoms with van der Waals surface area (Å²) in [5, 5.41) is 5.83. The molecule has 0 bridgehead atoms. The molecule has 2 N–H and O–H groups in total. The van der Waals surface area contributed by atoms with Crippen molar-refractivity contribution in [2.45, 2.75) is 45.2 Å². The van der Waals surface area contributed by atoms with Crippen LogP contribution < -0.4 is 10.6 Å². The normalized spacial score (nSPS) is 35.8. The Hall–Kier alpha value is -1.06. The Balaban J connectivity index is 2.17. The average Bonchev–Trinajstić information content (AvgIpc) is 2.56. The van der Waals surface area contributed by atoms with Crippen LogP contribution in [-0.2, 0) is 9.59 Å². The van der Waals surface area contributed by atoms with Gasteiger partial charge in [0.1, 0.15) is 6.04 Å². The number of carbonyl (C=O) groups excluding carboxylic acids is 2. The van der Waals surface area contributed by atoms with Crippen LogP contribution in [0.5, 0.6) is 0 Å². The zero-order valence-electron chi connectivity index (χ0n) is 9.25. The summed E-state index contributed by atoms with van der Waals surface area (Å²) in [6.45, 7) is 3.90. The van der Waals surface area contributed by atoms with E-state index < -0.39 is 0 Å². The van der Waals surface area contributed by atoms with Gasteiger partial charge >= 0.3 is 0 Å². The lowest BCUT2D eigenvalue weighted by atomic mass is 10.0. The molecule has 2 rings (SSSR count). The summed E-state index contributed by atoms with van der Waals surface area (Å²) in [6.07, 6.45) is 2.88. The van der Waals surface area contributed by atoms with Crippen molar-refractivity contribution in [2.24, 2.45) is 11.8 Å². The molecule has 2 amide bonds. The van der Waals surface area contributed by atoms with Gasteiger partial charge in [0.05, 0.1) is 5.92 Å². The Morgan fingerprint density at radius 1 is 1.13 bits per heavy atom. The molecule has 0 aromatic carbocycles. The first-order valence-corrected chi connectivity index (χ1v) is 5.70. The highest BCUT2D eigenvalue weighted by Gasteiger charge is 2.40. The van der Waals surface area contributed by atoms with E-state index in [1.165, 1.54) is 0 Å². The van der Waals surface area contributed by atoms with Gasteiger partial charge < -0.3 is 10.6 Å².